The number of nitriles is 1. The van der Waals surface area contributed by atoms with Crippen molar-refractivity contribution in [3.63, 3.8) is 0 Å². The number of hydrogen-bond acceptors (Lipinski definition) is 10. The smallest absolute Gasteiger partial charge is 0.266 e. The molecule has 324 valence electrons. The number of nitrogens with one attached hydrogen (secondary N) is 2. The lowest BCUT2D eigenvalue weighted by atomic mass is 9.68. The Labute approximate surface area is 358 Å². The van der Waals surface area contributed by atoms with Crippen LogP contribution in [0.25, 0.3) is 21.8 Å². The first-order valence-corrected chi connectivity index (χ1v) is 21.7. The molecule has 3 aromatic heterocycles. The third kappa shape index (κ3) is 7.70. The fraction of sp³-hybridized carbons (Fsp3) is 0.500. The van der Waals surface area contributed by atoms with E-state index >= 15 is 8.78 Å². The predicted octanol–water partition coefficient (Wildman–Crippen LogP) is 6.55. The number of hydrogen-bond donors (Lipinski definition) is 3. The first-order chi connectivity index (χ1) is 29.6. The molecule has 3 amide bonds. The number of imide groups is 1. The van der Waals surface area contributed by atoms with E-state index < -0.39 is 28.8 Å². The van der Waals surface area contributed by atoms with Crippen LogP contribution >= 0.6 is 0 Å². The third-order valence-electron chi connectivity index (χ3n) is 14.0. The van der Waals surface area contributed by atoms with Crippen molar-refractivity contribution in [1.29, 1.82) is 5.26 Å². The van der Waals surface area contributed by atoms with Gasteiger partial charge in [-0.25, -0.2) is 8.78 Å². The van der Waals surface area contributed by atoms with Crippen molar-refractivity contribution in [3.8, 4) is 6.07 Å². The van der Waals surface area contributed by atoms with E-state index in [-0.39, 0.29) is 41.9 Å². The lowest BCUT2D eigenvalue weighted by Gasteiger charge is -2.52. The number of rotatable bonds is 8. The summed E-state index contributed by atoms with van der Waals surface area (Å²) < 4.78 is 36.5. The van der Waals surface area contributed by atoms with Crippen LogP contribution < -0.4 is 15.5 Å². The second kappa shape index (κ2) is 15.8. The Kier molecular flexibility index (Phi) is 10.6. The summed E-state index contributed by atoms with van der Waals surface area (Å²) in [6, 6.07) is 13.1. The predicted molar refractivity (Wildman–Crippen MR) is 229 cm³/mol. The molecule has 6 heterocycles. The van der Waals surface area contributed by atoms with Gasteiger partial charge in [-0.05, 0) is 102 Å². The maximum absolute atomic E-state index is 16.4. The average molecular weight is 847 g/mol. The molecule has 3 saturated heterocycles. The summed E-state index contributed by atoms with van der Waals surface area (Å²) in [6.07, 6.45) is 10.2. The lowest BCUT2D eigenvalue weighted by molar-refractivity contribution is -0.179. The zero-order valence-corrected chi connectivity index (χ0v) is 35.3. The number of alkyl halides is 2. The summed E-state index contributed by atoms with van der Waals surface area (Å²) in [6.45, 7) is 5.37. The molecule has 1 spiro atoms. The molecule has 1 saturated carbocycles. The highest BCUT2D eigenvalue weighted by atomic mass is 19.3. The van der Waals surface area contributed by atoms with Crippen LogP contribution in [0.3, 0.4) is 0 Å². The van der Waals surface area contributed by atoms with Gasteiger partial charge in [0.2, 0.25) is 11.8 Å². The van der Waals surface area contributed by atoms with Crippen molar-refractivity contribution < 1.29 is 28.3 Å². The van der Waals surface area contributed by atoms with Gasteiger partial charge in [-0.3, -0.25) is 38.9 Å². The van der Waals surface area contributed by atoms with Gasteiger partial charge >= 0.3 is 0 Å². The highest BCUT2D eigenvalue weighted by Gasteiger charge is 2.57. The Morgan fingerprint density at radius 3 is 2.50 bits per heavy atom. The largest absolute Gasteiger partial charge is 0.386 e. The van der Waals surface area contributed by atoms with Crippen molar-refractivity contribution in [3.05, 3.63) is 77.4 Å². The molecule has 3 aliphatic heterocycles. The van der Waals surface area contributed by atoms with Gasteiger partial charge in [0.05, 0.1) is 57.6 Å². The van der Waals surface area contributed by atoms with Crippen molar-refractivity contribution >= 4 is 50.9 Å². The second-order valence-corrected chi connectivity index (χ2v) is 18.5. The number of carbonyl (C=O) groups excluding carboxylic acids is 3. The zero-order valence-electron chi connectivity index (χ0n) is 35.3. The number of piperidine rings is 3. The van der Waals surface area contributed by atoms with E-state index in [0.717, 1.165) is 47.7 Å². The molecule has 4 fully saturated rings. The Balaban J connectivity index is 0.811. The van der Waals surface area contributed by atoms with Crippen molar-refractivity contribution in [2.24, 2.45) is 18.4 Å². The van der Waals surface area contributed by atoms with Gasteiger partial charge in [0.1, 0.15) is 6.07 Å². The van der Waals surface area contributed by atoms with E-state index in [1.807, 2.05) is 53.2 Å². The molecule has 2 aromatic carbocycles. The monoisotopic (exact) mass is 846 g/mol. The number of benzene rings is 2. The summed E-state index contributed by atoms with van der Waals surface area (Å²) in [5.41, 5.74) is 2.25. The van der Waals surface area contributed by atoms with Crippen LogP contribution in [0.2, 0.25) is 0 Å². The Hall–Kier alpha value is -5.79. The number of carbonyl (C=O) groups is 3. The fourth-order valence-corrected chi connectivity index (χ4v) is 10.5. The van der Waals surface area contributed by atoms with Gasteiger partial charge in [-0.1, -0.05) is 12.1 Å². The van der Waals surface area contributed by atoms with Crippen LogP contribution in [-0.4, -0.2) is 90.9 Å². The topological polar surface area (TPSA) is 174 Å². The highest BCUT2D eigenvalue weighted by molar-refractivity contribution is 6.06. The van der Waals surface area contributed by atoms with Gasteiger partial charge in [0.15, 0.2) is 0 Å². The van der Waals surface area contributed by atoms with E-state index in [4.69, 9.17) is 10.2 Å². The summed E-state index contributed by atoms with van der Waals surface area (Å²) in [7, 11) is 1.84. The Morgan fingerprint density at radius 2 is 1.79 bits per heavy atom. The van der Waals surface area contributed by atoms with Crippen LogP contribution in [0.15, 0.2) is 55.0 Å². The Bertz CT molecular complexity index is 2610. The molecular weight excluding hydrogens is 795 g/mol. The van der Waals surface area contributed by atoms with Gasteiger partial charge in [0.25, 0.3) is 11.8 Å². The molecule has 16 heteroatoms. The average Bonchev–Trinajstić information content (AvgIpc) is 3.82. The molecule has 1 atom stereocenters. The van der Waals surface area contributed by atoms with E-state index in [2.05, 4.69) is 20.5 Å². The number of likely N-dealkylation sites (tertiary alicyclic amines) is 1. The first-order valence-electron chi connectivity index (χ1n) is 21.7. The molecule has 62 heavy (non-hydrogen) atoms. The molecular formula is C46H52F2N10O4. The Morgan fingerprint density at radius 1 is 1.03 bits per heavy atom. The van der Waals surface area contributed by atoms with Crippen LogP contribution in [0.4, 0.5) is 20.2 Å². The standard InChI is InChI=1S/C46H52F2N10O4/c1-44(2,62)35-21-36-31(20-37(35)51-42(60)30-19-29(22-49)23-50-24-30)26-58(53-36)32-9-7-28(8-10-32)25-56-16-13-45(46(47,48)27-56)14-17-57(18-15-45)38-6-4-5-33-40(54-55(3)41(33)38)34-11-12-39(59)52-43(34)61/h4-6,19-21,23-24,26,28,32,34,62H,7-18,25,27H2,1-3H3,(H,51,60)(H,52,59,61). The second-order valence-electron chi connectivity index (χ2n) is 18.5. The molecule has 0 radical (unpaired) electrons. The summed E-state index contributed by atoms with van der Waals surface area (Å²) in [5, 5.41) is 36.9. The molecule has 9 rings (SSSR count). The number of aliphatic hydroxyl groups is 1. The van der Waals surface area contributed by atoms with Crippen molar-refractivity contribution in [2.75, 3.05) is 42.9 Å². The number of amides is 3. The minimum atomic E-state index is -2.82. The molecule has 1 unspecified atom stereocenters. The number of para-hydroxylation sites is 1. The summed E-state index contributed by atoms with van der Waals surface area (Å²) >= 11 is 0. The number of halogens is 2. The summed E-state index contributed by atoms with van der Waals surface area (Å²) in [5.74, 6) is -4.08. The van der Waals surface area contributed by atoms with Crippen LogP contribution in [-0.2, 0) is 22.2 Å². The number of fused-ring (bicyclic) bond motifs is 2. The highest BCUT2D eigenvalue weighted by Crippen LogP contribution is 2.52. The number of aryl methyl sites for hydroxylation is 1. The minimum absolute atomic E-state index is 0.138. The zero-order chi connectivity index (χ0) is 43.6. The molecule has 5 aromatic rings. The lowest BCUT2D eigenvalue weighted by Crippen LogP contribution is -2.59. The molecule has 14 nitrogen and oxygen atoms in total. The van der Waals surface area contributed by atoms with Gasteiger partial charge in [-0.15, -0.1) is 0 Å². The van der Waals surface area contributed by atoms with Crippen LogP contribution in [0, 0.1) is 22.7 Å². The number of pyridine rings is 1. The maximum Gasteiger partial charge on any atom is 0.266 e. The first kappa shape index (κ1) is 41.6. The van der Waals surface area contributed by atoms with E-state index in [9.17, 15) is 24.8 Å². The van der Waals surface area contributed by atoms with Crippen molar-refractivity contribution in [2.45, 2.75) is 95.1 Å². The maximum atomic E-state index is 16.4. The fourth-order valence-electron chi connectivity index (χ4n) is 10.5. The number of nitrogens with zero attached hydrogens (tertiary/aromatic N) is 8. The van der Waals surface area contributed by atoms with E-state index in [1.165, 1.54) is 18.5 Å². The molecule has 3 N–H and O–H groups in total. The van der Waals surface area contributed by atoms with E-state index in [0.29, 0.717) is 80.2 Å². The quantitative estimate of drug-likeness (QED) is 0.145. The molecule has 0 bridgehead atoms. The third-order valence-corrected chi connectivity index (χ3v) is 14.0. The molecule has 4 aliphatic rings. The minimum Gasteiger partial charge on any atom is -0.386 e. The van der Waals surface area contributed by atoms with Crippen LogP contribution in [0.1, 0.15) is 111 Å². The molecule has 1 aliphatic carbocycles. The van der Waals surface area contributed by atoms with E-state index in [1.54, 1.807) is 24.6 Å². The summed E-state index contributed by atoms with van der Waals surface area (Å²) in [4.78, 5) is 45.8. The van der Waals surface area contributed by atoms with Crippen molar-refractivity contribution in [1.82, 2.24) is 34.8 Å². The normalized spacial score (nSPS) is 23.1. The SMILES string of the molecule is Cn1nc(C2CCC(=O)NC2=O)c2cccc(N3CCC4(CCN(CC5CCC(n6cc7cc(NC(=O)c8cncc(C#N)c8)c(C(C)(C)O)cc7n6)CC5)CC4(F)F)CC3)c21. The van der Waals surface area contributed by atoms with Gasteiger partial charge in [0, 0.05) is 79.1 Å². The van der Waals surface area contributed by atoms with Crippen LogP contribution in [0.5, 0.6) is 0 Å². The number of anilines is 2. The van der Waals surface area contributed by atoms with Gasteiger partial charge in [-0.2, -0.15) is 15.5 Å². The van der Waals surface area contributed by atoms with Gasteiger partial charge < -0.3 is 15.3 Å². The number of aromatic nitrogens is 5.